The Morgan fingerprint density at radius 1 is 1.10 bits per heavy atom. The number of allylic oxidation sites excluding steroid dienone is 2. The molecule has 3 saturated carbocycles. The van der Waals surface area contributed by atoms with E-state index in [2.05, 4.69) is 18.6 Å². The highest BCUT2D eigenvalue weighted by Crippen LogP contribution is 2.58. The van der Waals surface area contributed by atoms with Gasteiger partial charge in [0.25, 0.3) is 0 Å². The van der Waals surface area contributed by atoms with Gasteiger partial charge in [-0.1, -0.05) is 26.0 Å². The summed E-state index contributed by atoms with van der Waals surface area (Å²) in [6.07, 6.45) is 7.95. The number of nitrogens with zero attached hydrogens (tertiary/aromatic N) is 3. The highest BCUT2D eigenvalue weighted by Gasteiger charge is 2.61. The molecule has 0 spiro atoms. The standard InChI is InChI=1S/C39H48N4O7S2/c1-22(2)31-21-51-36(41-31)30-18-34(27-13-14-33(49-5)23(3)35(27)40-30)50-25-16-28-29(17-25)37(45)43(4)15-9-7-6-8-10-24-19-39(24,20-32(28)44)38(46)42-52(47,48)26-11-12-26/h8,10,13-14,18,21-22,24-26,28-29H,6-7,9,11-12,15-17,19-20H2,1-5H3,(H,42,46)/b10-8-/t24-,25-,28-,29-,39+/m1/s1. The van der Waals surface area contributed by atoms with E-state index in [1.54, 1.807) is 19.1 Å². The topological polar surface area (TPSA) is 145 Å². The van der Waals surface area contributed by atoms with Gasteiger partial charge in [0.05, 0.1) is 34.9 Å². The summed E-state index contributed by atoms with van der Waals surface area (Å²) in [5.41, 5.74) is 2.08. The van der Waals surface area contributed by atoms with Crippen LogP contribution in [-0.2, 0) is 24.4 Å². The number of rotatable bonds is 8. The van der Waals surface area contributed by atoms with Crippen LogP contribution in [0.25, 0.3) is 21.6 Å². The number of sulfonamides is 1. The van der Waals surface area contributed by atoms with Crippen LogP contribution in [-0.4, -0.2) is 72.9 Å². The third kappa shape index (κ3) is 7.10. The Hall–Kier alpha value is -3.84. The lowest BCUT2D eigenvalue weighted by Gasteiger charge is -2.26. The van der Waals surface area contributed by atoms with Gasteiger partial charge < -0.3 is 14.4 Å². The van der Waals surface area contributed by atoms with Crippen molar-refractivity contribution in [2.75, 3.05) is 20.7 Å². The van der Waals surface area contributed by atoms with E-state index in [4.69, 9.17) is 19.4 Å². The van der Waals surface area contributed by atoms with E-state index in [1.807, 2.05) is 42.7 Å². The van der Waals surface area contributed by atoms with E-state index in [0.717, 1.165) is 46.4 Å². The molecule has 52 heavy (non-hydrogen) atoms. The molecule has 13 heteroatoms. The number of fused-ring (bicyclic) bond motifs is 3. The molecule has 3 aromatic rings. The molecule has 278 valence electrons. The quantitative estimate of drug-likeness (QED) is 0.261. The van der Waals surface area contributed by atoms with E-state index >= 15 is 0 Å². The lowest BCUT2D eigenvalue weighted by Crippen LogP contribution is -2.42. The Morgan fingerprint density at radius 3 is 2.58 bits per heavy atom. The van der Waals surface area contributed by atoms with Gasteiger partial charge in [-0.2, -0.15) is 0 Å². The predicted molar refractivity (Wildman–Crippen MR) is 200 cm³/mol. The number of Topliss-reactive ketones (excluding diaryl/α,β-unsaturated/α-hetero) is 1. The van der Waals surface area contributed by atoms with Gasteiger partial charge in [-0.25, -0.2) is 18.4 Å². The molecule has 1 aliphatic heterocycles. The van der Waals surface area contributed by atoms with Crippen molar-refractivity contribution >= 4 is 49.9 Å². The summed E-state index contributed by atoms with van der Waals surface area (Å²) >= 11 is 1.52. The largest absolute Gasteiger partial charge is 0.496 e. The van der Waals surface area contributed by atoms with Crippen LogP contribution in [0.15, 0.2) is 35.7 Å². The minimum absolute atomic E-state index is 0.107. The average molecular weight is 749 g/mol. The average Bonchev–Trinajstić information content (AvgIpc) is 3.98. The molecule has 3 fully saturated rings. The first kappa shape index (κ1) is 36.5. The number of carbonyl (C=O) groups is 3. The van der Waals surface area contributed by atoms with Crippen LogP contribution in [0.4, 0.5) is 0 Å². The summed E-state index contributed by atoms with van der Waals surface area (Å²) in [7, 11) is -0.379. The monoisotopic (exact) mass is 748 g/mol. The number of amides is 2. The van der Waals surface area contributed by atoms with Gasteiger partial charge in [-0.3, -0.25) is 19.1 Å². The number of carbonyl (C=O) groups excluding carboxylic acids is 3. The Morgan fingerprint density at radius 2 is 1.87 bits per heavy atom. The fraction of sp³-hybridized carbons (Fsp3) is 0.564. The number of hydrogen-bond donors (Lipinski definition) is 1. The SMILES string of the molecule is COc1ccc2c(O[C@@H]3C[C@H]4C(=O)C[C@@]5(C(=O)NS(=O)(=O)C6CC6)C[C@H]5/C=C\CCCCN(C)C(=O)[C@@H]4C3)cc(-c3nc(C(C)C)cs3)nc2c1C. The van der Waals surface area contributed by atoms with E-state index in [-0.39, 0.29) is 29.9 Å². The summed E-state index contributed by atoms with van der Waals surface area (Å²) in [6, 6.07) is 5.70. The second-order valence-corrected chi connectivity index (χ2v) is 18.2. The lowest BCUT2D eigenvalue weighted by molar-refractivity contribution is -0.140. The first-order valence-corrected chi connectivity index (χ1v) is 20.8. The highest BCUT2D eigenvalue weighted by molar-refractivity contribution is 7.90. The van der Waals surface area contributed by atoms with Crippen molar-refractivity contribution in [3.63, 3.8) is 0 Å². The molecule has 5 atom stereocenters. The molecule has 4 aliphatic rings. The summed E-state index contributed by atoms with van der Waals surface area (Å²) in [5, 5.41) is 3.04. The van der Waals surface area contributed by atoms with Crippen molar-refractivity contribution in [2.45, 2.75) is 95.8 Å². The number of ketones is 1. The van der Waals surface area contributed by atoms with E-state index in [1.165, 1.54) is 11.3 Å². The van der Waals surface area contributed by atoms with Crippen molar-refractivity contribution in [3.8, 4) is 22.2 Å². The van der Waals surface area contributed by atoms with E-state index < -0.39 is 44.5 Å². The number of aromatic nitrogens is 2. The number of ether oxygens (including phenoxy) is 2. The number of methoxy groups -OCH3 is 1. The van der Waals surface area contributed by atoms with Crippen molar-refractivity contribution in [1.29, 1.82) is 0 Å². The molecule has 0 unspecified atom stereocenters. The van der Waals surface area contributed by atoms with Crippen molar-refractivity contribution in [3.05, 3.63) is 47.0 Å². The number of nitrogens with one attached hydrogen (secondary N) is 1. The second-order valence-electron chi connectivity index (χ2n) is 15.4. The Kier molecular flexibility index (Phi) is 9.96. The van der Waals surface area contributed by atoms with E-state index in [0.29, 0.717) is 55.8 Å². The molecule has 1 aromatic carbocycles. The van der Waals surface area contributed by atoms with Crippen LogP contribution in [0.3, 0.4) is 0 Å². The highest BCUT2D eigenvalue weighted by atomic mass is 32.2. The number of thiazole rings is 1. The fourth-order valence-corrected chi connectivity index (χ4v) is 10.2. The number of aryl methyl sites for hydroxylation is 1. The smallest absolute Gasteiger partial charge is 0.240 e. The first-order chi connectivity index (χ1) is 24.8. The van der Waals surface area contributed by atoms with Gasteiger partial charge in [-0.05, 0) is 82.3 Å². The van der Waals surface area contributed by atoms with Crippen molar-refractivity contribution < 1.29 is 32.3 Å². The molecule has 1 N–H and O–H groups in total. The zero-order valence-corrected chi connectivity index (χ0v) is 32.1. The van der Waals surface area contributed by atoms with Gasteiger partial charge >= 0.3 is 0 Å². The number of hydrogen-bond acceptors (Lipinski definition) is 10. The van der Waals surface area contributed by atoms with Gasteiger partial charge in [0.2, 0.25) is 21.8 Å². The molecule has 7 rings (SSSR count). The van der Waals surface area contributed by atoms with Crippen LogP contribution in [0.5, 0.6) is 11.5 Å². The van der Waals surface area contributed by atoms with Crippen LogP contribution in [0.2, 0.25) is 0 Å². The maximum Gasteiger partial charge on any atom is 0.240 e. The zero-order chi connectivity index (χ0) is 36.9. The molecule has 11 nitrogen and oxygen atoms in total. The summed E-state index contributed by atoms with van der Waals surface area (Å²) in [5.74, 6) is -0.909. The predicted octanol–water partition coefficient (Wildman–Crippen LogP) is 6.34. The van der Waals surface area contributed by atoms with Crippen LogP contribution < -0.4 is 14.2 Å². The minimum atomic E-state index is -3.79. The molecular weight excluding hydrogens is 701 g/mol. The van der Waals surface area contributed by atoms with E-state index in [9.17, 15) is 22.8 Å². The summed E-state index contributed by atoms with van der Waals surface area (Å²) in [6.45, 7) is 6.73. The van der Waals surface area contributed by atoms with Gasteiger partial charge in [-0.15, -0.1) is 11.3 Å². The summed E-state index contributed by atoms with van der Waals surface area (Å²) in [4.78, 5) is 53.7. The summed E-state index contributed by atoms with van der Waals surface area (Å²) < 4.78 is 40.4. The minimum Gasteiger partial charge on any atom is -0.496 e. The molecule has 3 heterocycles. The number of pyridine rings is 1. The molecule has 0 saturated heterocycles. The Bertz CT molecular complexity index is 2040. The second kappa shape index (κ2) is 14.2. The van der Waals surface area contributed by atoms with Gasteiger partial charge in [0.1, 0.15) is 34.1 Å². The molecule has 3 aliphatic carbocycles. The van der Waals surface area contributed by atoms with Crippen LogP contribution in [0.1, 0.15) is 88.8 Å². The lowest BCUT2D eigenvalue weighted by atomic mass is 9.84. The molecule has 0 radical (unpaired) electrons. The third-order valence-corrected chi connectivity index (χ3v) is 14.1. The third-order valence-electron chi connectivity index (χ3n) is 11.4. The molecule has 2 amide bonds. The Labute approximate surface area is 309 Å². The van der Waals surface area contributed by atoms with Crippen LogP contribution in [0, 0.1) is 30.1 Å². The fourth-order valence-electron chi connectivity index (χ4n) is 7.90. The van der Waals surface area contributed by atoms with Gasteiger partial charge in [0, 0.05) is 48.3 Å². The van der Waals surface area contributed by atoms with Crippen molar-refractivity contribution in [2.24, 2.45) is 23.2 Å². The first-order valence-electron chi connectivity index (χ1n) is 18.4. The Balaban J connectivity index is 1.21. The molecular formula is C39H48N4O7S2. The zero-order valence-electron chi connectivity index (χ0n) is 30.5. The van der Waals surface area contributed by atoms with Crippen molar-refractivity contribution in [1.82, 2.24) is 19.6 Å². The maximum absolute atomic E-state index is 14.4. The number of benzene rings is 1. The normalized spacial score (nSPS) is 27.5. The molecule has 2 aromatic heterocycles. The maximum atomic E-state index is 14.4. The molecule has 0 bridgehead atoms. The van der Waals surface area contributed by atoms with Gasteiger partial charge in [0.15, 0.2) is 0 Å². The van der Waals surface area contributed by atoms with Crippen LogP contribution >= 0.6 is 11.3 Å².